The molecular weight excluding hydrogens is 264 g/mol. The van der Waals surface area contributed by atoms with Crippen LogP contribution >= 0.6 is 0 Å². The molecule has 0 saturated heterocycles. The maximum Gasteiger partial charge on any atom is 0.325 e. The molecule has 1 rings (SSSR count). The van der Waals surface area contributed by atoms with E-state index in [1.54, 1.807) is 0 Å². The lowest BCUT2D eigenvalue weighted by Crippen LogP contribution is -2.56. The molecule has 1 aliphatic rings. The summed E-state index contributed by atoms with van der Waals surface area (Å²) in [7, 11) is 1.47. The largest absolute Gasteiger partial charge is 0.468 e. The number of hydrogen-bond acceptors (Lipinski definition) is 4. The molecule has 0 aliphatic heterocycles. The number of nitrogens with zero attached hydrogens (tertiary/aromatic N) is 1. The fourth-order valence-electron chi connectivity index (χ4n) is 3.19. The van der Waals surface area contributed by atoms with Crippen LogP contribution in [0.25, 0.3) is 0 Å². The van der Waals surface area contributed by atoms with Gasteiger partial charge in [0.15, 0.2) is 0 Å². The van der Waals surface area contributed by atoms with E-state index in [4.69, 9.17) is 4.74 Å². The lowest BCUT2D eigenvalue weighted by Gasteiger charge is -2.37. The summed E-state index contributed by atoms with van der Waals surface area (Å²) in [5, 5.41) is 3.40. The lowest BCUT2D eigenvalue weighted by atomic mass is 9.91. The van der Waals surface area contributed by atoms with Crippen LogP contribution in [-0.2, 0) is 9.53 Å². The Balaban J connectivity index is 2.71. The minimum atomic E-state index is -0.613. The second kappa shape index (κ2) is 8.14. The molecule has 0 aromatic heterocycles. The molecule has 4 heteroatoms. The molecule has 0 bridgehead atoms. The SMILES string of the molecule is CCCN(CC1CC1)C(C)CC(C)(NC(C)C)C(=O)OC. The smallest absolute Gasteiger partial charge is 0.325 e. The Hall–Kier alpha value is -0.610. The van der Waals surface area contributed by atoms with E-state index < -0.39 is 5.54 Å². The Kier molecular flexibility index (Phi) is 7.14. The van der Waals surface area contributed by atoms with Crippen LogP contribution in [0.4, 0.5) is 0 Å². The average Bonchev–Trinajstić information content (AvgIpc) is 3.20. The molecule has 1 fully saturated rings. The Morgan fingerprint density at radius 2 is 2.00 bits per heavy atom. The molecule has 0 heterocycles. The third-order valence-corrected chi connectivity index (χ3v) is 4.27. The van der Waals surface area contributed by atoms with Crippen molar-refractivity contribution < 1.29 is 9.53 Å². The molecule has 1 N–H and O–H groups in total. The van der Waals surface area contributed by atoms with Crippen molar-refractivity contribution in [1.82, 2.24) is 10.2 Å². The maximum atomic E-state index is 12.2. The molecule has 0 spiro atoms. The number of methoxy groups -OCH3 is 1. The van der Waals surface area contributed by atoms with Gasteiger partial charge in [-0.2, -0.15) is 0 Å². The van der Waals surface area contributed by atoms with Gasteiger partial charge in [0.25, 0.3) is 0 Å². The monoisotopic (exact) mass is 298 g/mol. The zero-order valence-corrected chi connectivity index (χ0v) is 14.7. The molecule has 0 radical (unpaired) electrons. The summed E-state index contributed by atoms with van der Waals surface area (Å²) in [4.78, 5) is 14.8. The molecule has 124 valence electrons. The highest BCUT2D eigenvalue weighted by Crippen LogP contribution is 2.31. The van der Waals surface area contributed by atoms with Gasteiger partial charge in [0, 0.05) is 18.6 Å². The zero-order valence-electron chi connectivity index (χ0n) is 14.7. The summed E-state index contributed by atoms with van der Waals surface area (Å²) in [6, 6.07) is 0.630. The number of rotatable bonds is 10. The van der Waals surface area contributed by atoms with Gasteiger partial charge in [-0.05, 0) is 65.8 Å². The van der Waals surface area contributed by atoms with Crippen LogP contribution in [0.15, 0.2) is 0 Å². The van der Waals surface area contributed by atoms with Gasteiger partial charge < -0.3 is 9.64 Å². The van der Waals surface area contributed by atoms with E-state index in [2.05, 4.69) is 37.9 Å². The standard InChI is InChI=1S/C17H34N2O2/c1-7-10-19(12-15-8-9-15)14(4)11-17(5,16(20)21-6)18-13(2)3/h13-15,18H,7-12H2,1-6H3. The van der Waals surface area contributed by atoms with E-state index in [9.17, 15) is 4.79 Å². The van der Waals surface area contributed by atoms with E-state index in [-0.39, 0.29) is 12.0 Å². The van der Waals surface area contributed by atoms with Crippen molar-refractivity contribution in [3.05, 3.63) is 0 Å². The summed E-state index contributed by atoms with van der Waals surface area (Å²) >= 11 is 0. The van der Waals surface area contributed by atoms with Crippen LogP contribution in [0.3, 0.4) is 0 Å². The van der Waals surface area contributed by atoms with Crippen LogP contribution in [-0.4, -0.2) is 48.7 Å². The van der Waals surface area contributed by atoms with E-state index in [1.807, 2.05) is 6.92 Å². The van der Waals surface area contributed by atoms with E-state index in [0.717, 1.165) is 25.3 Å². The van der Waals surface area contributed by atoms with Crippen molar-refractivity contribution in [1.29, 1.82) is 0 Å². The van der Waals surface area contributed by atoms with Gasteiger partial charge in [-0.3, -0.25) is 10.1 Å². The quantitative estimate of drug-likeness (QED) is 0.630. The van der Waals surface area contributed by atoms with Crippen LogP contribution in [0.2, 0.25) is 0 Å². The summed E-state index contributed by atoms with van der Waals surface area (Å²) in [6.07, 6.45) is 4.67. The molecule has 4 nitrogen and oxygen atoms in total. The number of carbonyl (C=O) groups is 1. The van der Waals surface area contributed by atoms with Crippen molar-refractivity contribution in [2.45, 2.75) is 77.9 Å². The molecule has 1 saturated carbocycles. The second-order valence-electron chi connectivity index (χ2n) is 7.11. The molecule has 2 unspecified atom stereocenters. The third-order valence-electron chi connectivity index (χ3n) is 4.27. The van der Waals surface area contributed by atoms with Gasteiger partial charge in [-0.15, -0.1) is 0 Å². The summed E-state index contributed by atoms with van der Waals surface area (Å²) < 4.78 is 5.03. The molecule has 2 atom stereocenters. The highest BCUT2D eigenvalue weighted by Gasteiger charge is 2.38. The maximum absolute atomic E-state index is 12.2. The highest BCUT2D eigenvalue weighted by atomic mass is 16.5. The van der Waals surface area contributed by atoms with Crippen molar-refractivity contribution >= 4 is 5.97 Å². The molecule has 0 aromatic rings. The van der Waals surface area contributed by atoms with Crippen LogP contribution in [0.1, 0.15) is 60.3 Å². The van der Waals surface area contributed by atoms with Gasteiger partial charge in [-0.25, -0.2) is 0 Å². The molecule has 0 aromatic carbocycles. The van der Waals surface area contributed by atoms with Gasteiger partial charge in [0.1, 0.15) is 5.54 Å². The topological polar surface area (TPSA) is 41.6 Å². The van der Waals surface area contributed by atoms with Crippen molar-refractivity contribution in [3.63, 3.8) is 0 Å². The van der Waals surface area contributed by atoms with Gasteiger partial charge in [0.2, 0.25) is 0 Å². The third kappa shape index (κ3) is 5.95. The van der Waals surface area contributed by atoms with Crippen LogP contribution in [0, 0.1) is 5.92 Å². The van der Waals surface area contributed by atoms with Crippen molar-refractivity contribution in [2.75, 3.05) is 20.2 Å². The Morgan fingerprint density at radius 1 is 1.38 bits per heavy atom. The Morgan fingerprint density at radius 3 is 2.43 bits per heavy atom. The summed E-state index contributed by atoms with van der Waals surface area (Å²) in [5.41, 5.74) is -0.613. The lowest BCUT2D eigenvalue weighted by molar-refractivity contribution is -0.149. The van der Waals surface area contributed by atoms with E-state index in [0.29, 0.717) is 6.04 Å². The zero-order chi connectivity index (χ0) is 16.0. The average molecular weight is 298 g/mol. The number of carbonyl (C=O) groups excluding carboxylic acids is 1. The minimum absolute atomic E-state index is 0.161. The summed E-state index contributed by atoms with van der Waals surface area (Å²) in [6.45, 7) is 12.8. The number of ether oxygens (including phenoxy) is 1. The van der Waals surface area contributed by atoms with Gasteiger partial charge >= 0.3 is 5.97 Å². The van der Waals surface area contributed by atoms with Crippen LogP contribution in [0.5, 0.6) is 0 Å². The molecule has 21 heavy (non-hydrogen) atoms. The predicted octanol–water partition coefficient (Wildman–Crippen LogP) is 2.82. The fraction of sp³-hybridized carbons (Fsp3) is 0.941. The van der Waals surface area contributed by atoms with E-state index >= 15 is 0 Å². The van der Waals surface area contributed by atoms with Gasteiger partial charge in [-0.1, -0.05) is 6.92 Å². The predicted molar refractivity (Wildman–Crippen MR) is 87.4 cm³/mol. The minimum Gasteiger partial charge on any atom is -0.468 e. The van der Waals surface area contributed by atoms with Crippen LogP contribution < -0.4 is 5.32 Å². The molecule has 1 aliphatic carbocycles. The van der Waals surface area contributed by atoms with Crippen molar-refractivity contribution in [3.8, 4) is 0 Å². The number of hydrogen-bond donors (Lipinski definition) is 1. The Labute approximate surface area is 130 Å². The normalized spacial score (nSPS) is 19.6. The first-order valence-corrected chi connectivity index (χ1v) is 8.42. The second-order valence-corrected chi connectivity index (χ2v) is 7.11. The first kappa shape index (κ1) is 18.4. The first-order chi connectivity index (χ1) is 9.82. The Bertz CT molecular complexity index is 329. The van der Waals surface area contributed by atoms with Gasteiger partial charge in [0.05, 0.1) is 7.11 Å². The molecular formula is C17H34N2O2. The first-order valence-electron chi connectivity index (χ1n) is 8.42. The van der Waals surface area contributed by atoms with Crippen molar-refractivity contribution in [2.24, 2.45) is 5.92 Å². The molecule has 0 amide bonds. The number of esters is 1. The number of nitrogens with one attached hydrogen (secondary N) is 1. The van der Waals surface area contributed by atoms with E-state index in [1.165, 1.54) is 26.5 Å². The summed E-state index contributed by atoms with van der Waals surface area (Å²) in [5.74, 6) is 0.715. The highest BCUT2D eigenvalue weighted by molar-refractivity contribution is 5.80. The fourth-order valence-corrected chi connectivity index (χ4v) is 3.19.